The molecule has 6 nitrogen and oxygen atoms in total. The van der Waals surface area contributed by atoms with Gasteiger partial charge in [0.25, 0.3) is 0 Å². The van der Waals surface area contributed by atoms with Crippen LogP contribution in [-0.2, 0) is 14.3 Å². The van der Waals surface area contributed by atoms with E-state index in [1.54, 1.807) is 26.0 Å². The fraction of sp³-hybridized carbons (Fsp3) is 0.357. The van der Waals surface area contributed by atoms with Gasteiger partial charge in [0.2, 0.25) is 11.7 Å². The van der Waals surface area contributed by atoms with Gasteiger partial charge >= 0.3 is 5.97 Å². The van der Waals surface area contributed by atoms with Crippen LogP contribution in [0, 0.1) is 0 Å². The van der Waals surface area contributed by atoms with E-state index in [4.69, 9.17) is 14.2 Å². The average molecular weight is 279 g/mol. The standard InChI is InChI=1S/C14H17NO5/c1-4-19-9-10(14(17)20-5-2)13(16)11-7-6-8-12(15-11)18-3/h6-9H,4-5H2,1-3H3/b10-9-. The Hall–Kier alpha value is -2.37. The summed E-state index contributed by atoms with van der Waals surface area (Å²) in [6.45, 7) is 3.90. The number of aromatic nitrogens is 1. The molecule has 20 heavy (non-hydrogen) atoms. The molecular weight excluding hydrogens is 262 g/mol. The molecule has 0 amide bonds. The van der Waals surface area contributed by atoms with E-state index in [9.17, 15) is 9.59 Å². The SMILES string of the molecule is CCO/C=C(\C(=O)OCC)C(=O)c1cccc(OC)n1. The molecule has 0 aromatic carbocycles. The van der Waals surface area contributed by atoms with Crippen LogP contribution in [0.1, 0.15) is 24.3 Å². The fourth-order valence-corrected chi connectivity index (χ4v) is 1.36. The Morgan fingerprint density at radius 1 is 1.25 bits per heavy atom. The average Bonchev–Trinajstić information content (AvgIpc) is 2.47. The van der Waals surface area contributed by atoms with Gasteiger partial charge in [-0.25, -0.2) is 9.78 Å². The molecule has 1 heterocycles. The molecule has 0 aliphatic heterocycles. The Labute approximate surface area is 117 Å². The van der Waals surface area contributed by atoms with Gasteiger partial charge in [0, 0.05) is 6.07 Å². The summed E-state index contributed by atoms with van der Waals surface area (Å²) in [5.41, 5.74) is -0.113. The predicted molar refractivity (Wildman–Crippen MR) is 71.5 cm³/mol. The molecule has 1 aromatic heterocycles. The lowest BCUT2D eigenvalue weighted by Gasteiger charge is -2.07. The van der Waals surface area contributed by atoms with Gasteiger partial charge < -0.3 is 14.2 Å². The molecule has 0 N–H and O–H groups in total. The molecule has 108 valence electrons. The van der Waals surface area contributed by atoms with Crippen molar-refractivity contribution in [3.8, 4) is 5.88 Å². The minimum Gasteiger partial charge on any atom is -0.500 e. The molecule has 0 fully saturated rings. The highest BCUT2D eigenvalue weighted by atomic mass is 16.5. The summed E-state index contributed by atoms with van der Waals surface area (Å²) in [7, 11) is 1.44. The first-order chi connectivity index (χ1) is 9.63. The minimum atomic E-state index is -0.740. The van der Waals surface area contributed by atoms with E-state index in [0.29, 0.717) is 6.61 Å². The monoisotopic (exact) mass is 279 g/mol. The van der Waals surface area contributed by atoms with E-state index in [1.807, 2.05) is 0 Å². The quantitative estimate of drug-likeness (QED) is 0.189. The second-order valence-electron chi connectivity index (χ2n) is 3.60. The number of ketones is 1. The van der Waals surface area contributed by atoms with Crippen molar-refractivity contribution in [3.05, 3.63) is 35.7 Å². The van der Waals surface area contributed by atoms with Crippen molar-refractivity contribution in [1.29, 1.82) is 0 Å². The Kier molecular flexibility index (Phi) is 6.22. The van der Waals surface area contributed by atoms with Gasteiger partial charge in [-0.05, 0) is 19.9 Å². The maximum absolute atomic E-state index is 12.3. The Morgan fingerprint density at radius 3 is 2.60 bits per heavy atom. The summed E-state index contributed by atoms with van der Waals surface area (Å²) < 4.78 is 14.8. The Bertz CT molecular complexity index is 510. The van der Waals surface area contributed by atoms with Crippen LogP contribution in [0.4, 0.5) is 0 Å². The van der Waals surface area contributed by atoms with Crippen LogP contribution in [0.3, 0.4) is 0 Å². The number of Topliss-reactive ketones (excluding diaryl/α,β-unsaturated/α-hetero) is 1. The number of pyridine rings is 1. The molecule has 1 aromatic rings. The van der Waals surface area contributed by atoms with Crippen LogP contribution in [0.15, 0.2) is 30.0 Å². The van der Waals surface area contributed by atoms with Gasteiger partial charge in [0.1, 0.15) is 17.5 Å². The van der Waals surface area contributed by atoms with Gasteiger partial charge in [-0.1, -0.05) is 6.07 Å². The lowest BCUT2D eigenvalue weighted by molar-refractivity contribution is -0.138. The number of rotatable bonds is 7. The minimum absolute atomic E-state index is 0.0864. The zero-order chi connectivity index (χ0) is 15.0. The van der Waals surface area contributed by atoms with Crippen molar-refractivity contribution in [3.63, 3.8) is 0 Å². The number of nitrogens with zero attached hydrogens (tertiary/aromatic N) is 1. The van der Waals surface area contributed by atoms with Gasteiger partial charge in [-0.15, -0.1) is 0 Å². The first kappa shape index (κ1) is 15.7. The molecule has 1 rings (SSSR count). The summed E-state index contributed by atoms with van der Waals surface area (Å²) in [6, 6.07) is 4.71. The maximum Gasteiger partial charge on any atom is 0.345 e. The van der Waals surface area contributed by atoms with Crippen LogP contribution < -0.4 is 4.74 Å². The van der Waals surface area contributed by atoms with Crippen molar-refractivity contribution in [2.45, 2.75) is 13.8 Å². The summed E-state index contributed by atoms with van der Waals surface area (Å²) in [4.78, 5) is 28.0. The fourth-order valence-electron chi connectivity index (χ4n) is 1.36. The van der Waals surface area contributed by atoms with Gasteiger partial charge in [-0.3, -0.25) is 4.79 Å². The number of hydrogen-bond donors (Lipinski definition) is 0. The van der Waals surface area contributed by atoms with E-state index >= 15 is 0 Å². The summed E-state index contributed by atoms with van der Waals surface area (Å²) in [5, 5.41) is 0. The molecule has 0 radical (unpaired) electrons. The van der Waals surface area contributed by atoms with Gasteiger partial charge in [0.05, 0.1) is 20.3 Å². The van der Waals surface area contributed by atoms with Crippen LogP contribution in [0.25, 0.3) is 0 Å². The lowest BCUT2D eigenvalue weighted by Crippen LogP contribution is -2.18. The molecule has 0 unspecified atom stereocenters. The molecule has 0 aliphatic rings. The number of methoxy groups -OCH3 is 1. The highest BCUT2D eigenvalue weighted by Crippen LogP contribution is 2.12. The van der Waals surface area contributed by atoms with Crippen molar-refractivity contribution in [2.75, 3.05) is 20.3 Å². The number of esters is 1. The second kappa shape index (κ2) is 7.93. The lowest BCUT2D eigenvalue weighted by atomic mass is 10.1. The third kappa shape index (κ3) is 4.08. The smallest absolute Gasteiger partial charge is 0.345 e. The van der Waals surface area contributed by atoms with Crippen molar-refractivity contribution < 1.29 is 23.8 Å². The summed E-state index contributed by atoms with van der Waals surface area (Å²) in [5.74, 6) is -1.03. The zero-order valence-corrected chi connectivity index (χ0v) is 11.7. The molecule has 0 spiro atoms. The number of carbonyl (C=O) groups is 2. The number of ether oxygens (including phenoxy) is 3. The van der Waals surface area contributed by atoms with Crippen LogP contribution in [0.2, 0.25) is 0 Å². The molecule has 0 aliphatic carbocycles. The summed E-state index contributed by atoms with van der Waals surface area (Å²) in [6.07, 6.45) is 1.10. The predicted octanol–water partition coefficient (Wildman–Crippen LogP) is 1.76. The highest BCUT2D eigenvalue weighted by Gasteiger charge is 2.23. The molecule has 0 bridgehead atoms. The normalized spacial score (nSPS) is 10.8. The molecule has 0 atom stereocenters. The highest BCUT2D eigenvalue weighted by molar-refractivity contribution is 6.23. The maximum atomic E-state index is 12.3. The van der Waals surface area contributed by atoms with Crippen molar-refractivity contribution in [2.24, 2.45) is 0 Å². The van der Waals surface area contributed by atoms with Gasteiger partial charge in [0.15, 0.2) is 0 Å². The van der Waals surface area contributed by atoms with Crippen LogP contribution in [0.5, 0.6) is 5.88 Å². The van der Waals surface area contributed by atoms with Crippen LogP contribution >= 0.6 is 0 Å². The van der Waals surface area contributed by atoms with E-state index in [0.717, 1.165) is 6.26 Å². The van der Waals surface area contributed by atoms with Crippen LogP contribution in [-0.4, -0.2) is 37.1 Å². The molecular formula is C14H17NO5. The van der Waals surface area contributed by atoms with E-state index in [2.05, 4.69) is 4.98 Å². The van der Waals surface area contributed by atoms with E-state index in [-0.39, 0.29) is 23.8 Å². The number of carbonyl (C=O) groups excluding carboxylic acids is 2. The first-order valence-corrected chi connectivity index (χ1v) is 6.18. The second-order valence-corrected chi connectivity index (χ2v) is 3.60. The zero-order valence-electron chi connectivity index (χ0n) is 11.7. The van der Waals surface area contributed by atoms with Crippen molar-refractivity contribution >= 4 is 11.8 Å². The first-order valence-electron chi connectivity index (χ1n) is 6.18. The topological polar surface area (TPSA) is 74.7 Å². The van der Waals surface area contributed by atoms with E-state index < -0.39 is 11.8 Å². The van der Waals surface area contributed by atoms with E-state index in [1.165, 1.54) is 13.2 Å². The molecule has 0 saturated heterocycles. The van der Waals surface area contributed by atoms with Crippen molar-refractivity contribution in [1.82, 2.24) is 4.98 Å². The largest absolute Gasteiger partial charge is 0.500 e. The Morgan fingerprint density at radius 2 is 2.00 bits per heavy atom. The third-order valence-corrected chi connectivity index (χ3v) is 2.27. The third-order valence-electron chi connectivity index (χ3n) is 2.27. The number of hydrogen-bond acceptors (Lipinski definition) is 6. The Balaban J connectivity index is 3.06. The molecule has 6 heteroatoms. The molecule has 0 saturated carbocycles. The van der Waals surface area contributed by atoms with Gasteiger partial charge in [-0.2, -0.15) is 0 Å². The summed E-state index contributed by atoms with van der Waals surface area (Å²) >= 11 is 0.